The number of fused-ring (bicyclic) bond motifs is 1. The number of aromatic amines is 1. The summed E-state index contributed by atoms with van der Waals surface area (Å²) in [7, 11) is 0. The molecule has 0 spiro atoms. The minimum Gasteiger partial charge on any atom is -0.326 e. The summed E-state index contributed by atoms with van der Waals surface area (Å²) in [4.78, 5) is 15.5. The van der Waals surface area contributed by atoms with Crippen molar-refractivity contribution in [3.05, 3.63) is 53.4 Å². The highest BCUT2D eigenvalue weighted by Gasteiger charge is 2.14. The largest absolute Gasteiger partial charge is 0.326 e. The summed E-state index contributed by atoms with van der Waals surface area (Å²) >= 11 is 1.64. The minimum absolute atomic E-state index is 0.0800. The molecule has 4 aromatic rings. The van der Waals surface area contributed by atoms with Gasteiger partial charge in [0.05, 0.1) is 5.39 Å². The first-order valence-corrected chi connectivity index (χ1v) is 8.40. The Balaban J connectivity index is 1.84. The van der Waals surface area contributed by atoms with Crippen LogP contribution in [0.4, 0.5) is 5.69 Å². The van der Waals surface area contributed by atoms with Gasteiger partial charge in [-0.15, -0.1) is 0 Å². The molecule has 1 aromatic carbocycles. The number of anilines is 1. The Hall–Kier alpha value is -2.99. The summed E-state index contributed by atoms with van der Waals surface area (Å²) in [6.07, 6.45) is 1.77. The van der Waals surface area contributed by atoms with Crippen LogP contribution < -0.4 is 5.32 Å². The van der Waals surface area contributed by atoms with Crippen LogP contribution >= 0.6 is 11.3 Å². The molecule has 0 saturated carbocycles. The molecule has 0 atom stereocenters. The molecule has 3 aromatic heterocycles. The van der Waals surface area contributed by atoms with Gasteiger partial charge in [-0.3, -0.25) is 9.89 Å². The van der Waals surface area contributed by atoms with E-state index in [1.807, 2.05) is 35.7 Å². The number of nitrogens with one attached hydrogen (secondary N) is 2. The molecule has 0 fully saturated rings. The smallest absolute Gasteiger partial charge is 0.221 e. The molecule has 0 saturated heterocycles. The van der Waals surface area contributed by atoms with Crippen molar-refractivity contribution < 1.29 is 4.79 Å². The molecule has 3 heterocycles. The van der Waals surface area contributed by atoms with E-state index in [9.17, 15) is 4.79 Å². The van der Waals surface area contributed by atoms with Gasteiger partial charge in [0, 0.05) is 29.8 Å². The molecule has 0 aliphatic carbocycles. The number of amides is 1. The Morgan fingerprint density at radius 3 is 2.67 bits per heavy atom. The van der Waals surface area contributed by atoms with Crippen LogP contribution in [0.2, 0.25) is 0 Å². The standard InChI is InChI=1S/C18H14N4OS/c1-11(23)20-14-4-2-12(3-5-14)15-6-8-19-18-16(15)17(21-22-18)13-7-9-24-10-13/h2-10H,1H3,(H,20,23)(H,19,21,22). The molecule has 5 nitrogen and oxygen atoms in total. The number of hydrogen-bond donors (Lipinski definition) is 2. The summed E-state index contributed by atoms with van der Waals surface area (Å²) in [5.74, 6) is -0.0800. The zero-order valence-corrected chi connectivity index (χ0v) is 13.7. The van der Waals surface area contributed by atoms with E-state index in [0.717, 1.165) is 39.1 Å². The molecule has 0 bridgehead atoms. The van der Waals surface area contributed by atoms with Crippen LogP contribution in [0.25, 0.3) is 33.4 Å². The third kappa shape index (κ3) is 2.57. The van der Waals surface area contributed by atoms with Crippen LogP contribution in [0.1, 0.15) is 6.92 Å². The number of nitrogens with zero attached hydrogens (tertiary/aromatic N) is 2. The van der Waals surface area contributed by atoms with Crippen molar-refractivity contribution in [2.24, 2.45) is 0 Å². The Morgan fingerprint density at radius 2 is 1.96 bits per heavy atom. The SMILES string of the molecule is CC(=O)Nc1ccc(-c2ccnc3[nH]nc(-c4ccsc4)c23)cc1. The maximum absolute atomic E-state index is 11.2. The van der Waals surface area contributed by atoms with Crippen molar-refractivity contribution in [1.82, 2.24) is 15.2 Å². The van der Waals surface area contributed by atoms with Crippen molar-refractivity contribution in [3.8, 4) is 22.4 Å². The number of benzene rings is 1. The lowest BCUT2D eigenvalue weighted by atomic mass is 10.0. The van der Waals surface area contributed by atoms with Crippen LogP contribution in [-0.2, 0) is 4.79 Å². The first-order chi connectivity index (χ1) is 11.7. The molecule has 0 radical (unpaired) electrons. The van der Waals surface area contributed by atoms with Crippen molar-refractivity contribution >= 4 is 34.0 Å². The van der Waals surface area contributed by atoms with Gasteiger partial charge in [0.15, 0.2) is 5.65 Å². The van der Waals surface area contributed by atoms with Crippen molar-refractivity contribution in [1.29, 1.82) is 0 Å². The molecule has 118 valence electrons. The molecule has 4 rings (SSSR count). The van der Waals surface area contributed by atoms with Gasteiger partial charge in [-0.2, -0.15) is 16.4 Å². The second kappa shape index (κ2) is 5.90. The summed E-state index contributed by atoms with van der Waals surface area (Å²) in [6, 6.07) is 11.8. The van der Waals surface area contributed by atoms with E-state index in [1.54, 1.807) is 17.5 Å². The third-order valence-electron chi connectivity index (χ3n) is 3.77. The number of H-pyrrole nitrogens is 1. The van der Waals surface area contributed by atoms with E-state index in [1.165, 1.54) is 6.92 Å². The number of rotatable bonds is 3. The molecule has 24 heavy (non-hydrogen) atoms. The molecule has 1 amide bonds. The lowest BCUT2D eigenvalue weighted by Gasteiger charge is -2.07. The fourth-order valence-corrected chi connectivity index (χ4v) is 3.38. The highest BCUT2D eigenvalue weighted by atomic mass is 32.1. The average molecular weight is 334 g/mol. The lowest BCUT2D eigenvalue weighted by Crippen LogP contribution is -2.05. The van der Waals surface area contributed by atoms with Crippen molar-refractivity contribution in [2.45, 2.75) is 6.92 Å². The second-order valence-corrected chi connectivity index (χ2v) is 6.20. The van der Waals surface area contributed by atoms with E-state index >= 15 is 0 Å². The topological polar surface area (TPSA) is 70.7 Å². The number of pyridine rings is 1. The molecule has 6 heteroatoms. The van der Waals surface area contributed by atoms with E-state index in [-0.39, 0.29) is 5.91 Å². The molecule has 0 aliphatic heterocycles. The minimum atomic E-state index is -0.0800. The second-order valence-electron chi connectivity index (χ2n) is 5.42. The Morgan fingerprint density at radius 1 is 1.12 bits per heavy atom. The molecule has 2 N–H and O–H groups in total. The summed E-state index contributed by atoms with van der Waals surface area (Å²) < 4.78 is 0. The number of hydrogen-bond acceptors (Lipinski definition) is 4. The van der Waals surface area contributed by atoms with Gasteiger partial charge in [-0.25, -0.2) is 4.98 Å². The predicted molar refractivity (Wildman–Crippen MR) is 96.9 cm³/mol. The van der Waals surface area contributed by atoms with Crippen molar-refractivity contribution in [2.75, 3.05) is 5.32 Å². The zero-order chi connectivity index (χ0) is 16.5. The normalized spacial score (nSPS) is 10.9. The molecule has 0 aliphatic rings. The maximum atomic E-state index is 11.2. The number of carbonyl (C=O) groups is 1. The van der Waals surface area contributed by atoms with E-state index in [4.69, 9.17) is 0 Å². The van der Waals surface area contributed by atoms with E-state index < -0.39 is 0 Å². The Bertz CT molecular complexity index is 1000. The Kier molecular flexibility index (Phi) is 3.59. The highest BCUT2D eigenvalue weighted by molar-refractivity contribution is 7.08. The number of aromatic nitrogens is 3. The van der Waals surface area contributed by atoms with Gasteiger partial charge in [-0.1, -0.05) is 12.1 Å². The van der Waals surface area contributed by atoms with Crippen LogP contribution in [-0.4, -0.2) is 21.1 Å². The Labute approximate surface area is 142 Å². The lowest BCUT2D eigenvalue weighted by molar-refractivity contribution is -0.114. The molecular weight excluding hydrogens is 320 g/mol. The van der Waals surface area contributed by atoms with Gasteiger partial charge in [0.1, 0.15) is 5.69 Å². The molecular formula is C18H14N4OS. The first-order valence-electron chi connectivity index (χ1n) is 7.46. The quantitative estimate of drug-likeness (QED) is 0.586. The van der Waals surface area contributed by atoms with Gasteiger partial charge < -0.3 is 5.32 Å². The summed E-state index contributed by atoms with van der Waals surface area (Å²) in [5.41, 5.74) is 5.63. The third-order valence-corrected chi connectivity index (χ3v) is 4.46. The first kappa shape index (κ1) is 14.6. The monoisotopic (exact) mass is 334 g/mol. The number of thiophene rings is 1. The summed E-state index contributed by atoms with van der Waals surface area (Å²) in [6.45, 7) is 1.50. The van der Waals surface area contributed by atoms with Crippen molar-refractivity contribution in [3.63, 3.8) is 0 Å². The summed E-state index contributed by atoms with van der Waals surface area (Å²) in [5, 5.41) is 15.3. The van der Waals surface area contributed by atoms with Crippen LogP contribution in [0, 0.1) is 0 Å². The highest BCUT2D eigenvalue weighted by Crippen LogP contribution is 2.35. The average Bonchev–Trinajstić information content (AvgIpc) is 3.24. The van der Waals surface area contributed by atoms with Crippen LogP contribution in [0.15, 0.2) is 53.4 Å². The number of carbonyl (C=O) groups excluding carboxylic acids is 1. The van der Waals surface area contributed by atoms with E-state index in [0.29, 0.717) is 0 Å². The van der Waals surface area contributed by atoms with E-state index in [2.05, 4.69) is 31.9 Å². The maximum Gasteiger partial charge on any atom is 0.221 e. The van der Waals surface area contributed by atoms with Crippen LogP contribution in [0.3, 0.4) is 0 Å². The predicted octanol–water partition coefficient (Wildman–Crippen LogP) is 4.31. The van der Waals surface area contributed by atoms with Crippen LogP contribution in [0.5, 0.6) is 0 Å². The van der Waals surface area contributed by atoms with Gasteiger partial charge in [0.2, 0.25) is 5.91 Å². The van der Waals surface area contributed by atoms with Gasteiger partial charge in [-0.05, 0) is 40.8 Å². The van der Waals surface area contributed by atoms with Gasteiger partial charge >= 0.3 is 0 Å². The molecule has 0 unspecified atom stereocenters. The fraction of sp³-hybridized carbons (Fsp3) is 0.0556. The fourth-order valence-electron chi connectivity index (χ4n) is 2.74. The van der Waals surface area contributed by atoms with Gasteiger partial charge in [0.25, 0.3) is 0 Å². The zero-order valence-electron chi connectivity index (χ0n) is 12.9.